The number of benzene rings is 1. The van der Waals surface area contributed by atoms with Crippen LogP contribution in [-0.2, 0) is 16.1 Å². The minimum atomic E-state index is -0.551. The molecule has 2 aliphatic heterocycles. The quantitative estimate of drug-likeness (QED) is 0.495. The van der Waals surface area contributed by atoms with Crippen LogP contribution in [0.3, 0.4) is 0 Å². The third-order valence-electron chi connectivity index (χ3n) is 8.69. The predicted molar refractivity (Wildman–Crippen MR) is 153 cm³/mol. The van der Waals surface area contributed by atoms with Crippen molar-refractivity contribution in [2.24, 2.45) is 5.73 Å². The molecule has 2 unspecified atom stereocenters. The zero-order chi connectivity index (χ0) is 27.9. The van der Waals surface area contributed by atoms with E-state index >= 15 is 0 Å². The lowest BCUT2D eigenvalue weighted by atomic mass is 9.90. The highest BCUT2D eigenvalue weighted by atomic mass is 16.5. The van der Waals surface area contributed by atoms with Crippen molar-refractivity contribution in [1.82, 2.24) is 20.1 Å². The van der Waals surface area contributed by atoms with Gasteiger partial charge in [-0.05, 0) is 81.2 Å². The summed E-state index contributed by atoms with van der Waals surface area (Å²) < 4.78 is 11.4. The minimum absolute atomic E-state index is 0.0658. The normalized spacial score (nSPS) is 27.0. The van der Waals surface area contributed by atoms with Crippen molar-refractivity contribution in [3.05, 3.63) is 59.9 Å². The summed E-state index contributed by atoms with van der Waals surface area (Å²) in [4.78, 5) is 35.8. The van der Waals surface area contributed by atoms with Crippen molar-refractivity contribution in [3.8, 4) is 5.75 Å². The molecule has 2 amide bonds. The molecule has 0 bridgehead atoms. The van der Waals surface area contributed by atoms with E-state index in [1.807, 2.05) is 12.1 Å². The molecule has 216 valence electrons. The van der Waals surface area contributed by atoms with Gasteiger partial charge in [-0.1, -0.05) is 12.1 Å². The summed E-state index contributed by atoms with van der Waals surface area (Å²) in [5, 5.41) is 3.28. The molecule has 3 fully saturated rings. The van der Waals surface area contributed by atoms with Gasteiger partial charge in [0.05, 0.1) is 18.8 Å². The third-order valence-corrected chi connectivity index (χ3v) is 8.69. The van der Waals surface area contributed by atoms with E-state index in [-0.39, 0.29) is 36.0 Å². The van der Waals surface area contributed by atoms with Crippen LogP contribution >= 0.6 is 0 Å². The van der Waals surface area contributed by atoms with Gasteiger partial charge in [-0.25, -0.2) is 0 Å². The van der Waals surface area contributed by atoms with Crippen LogP contribution in [0.2, 0.25) is 0 Å². The van der Waals surface area contributed by atoms with Crippen LogP contribution in [-0.4, -0.2) is 83.7 Å². The molecule has 9 heteroatoms. The lowest BCUT2D eigenvalue weighted by Gasteiger charge is -2.44. The molecule has 1 saturated carbocycles. The summed E-state index contributed by atoms with van der Waals surface area (Å²) in [5.74, 6) is 0.624. The monoisotopic (exact) mass is 549 g/mol. The number of nitrogens with one attached hydrogen (secondary N) is 1. The van der Waals surface area contributed by atoms with Gasteiger partial charge < -0.3 is 25.4 Å². The van der Waals surface area contributed by atoms with Gasteiger partial charge in [-0.3, -0.25) is 19.5 Å². The maximum Gasteiger partial charge on any atom is 0.256 e. The molecule has 3 heterocycles. The van der Waals surface area contributed by atoms with Crippen molar-refractivity contribution < 1.29 is 19.1 Å². The molecule has 2 saturated heterocycles. The Hall–Kier alpha value is -3.01. The second-order valence-electron chi connectivity index (χ2n) is 11.5. The largest absolute Gasteiger partial charge is 0.497 e. The zero-order valence-corrected chi connectivity index (χ0v) is 23.5. The molecule has 40 heavy (non-hydrogen) atoms. The fourth-order valence-corrected chi connectivity index (χ4v) is 6.34. The van der Waals surface area contributed by atoms with E-state index in [1.54, 1.807) is 36.5 Å². The summed E-state index contributed by atoms with van der Waals surface area (Å²) in [6.07, 6.45) is 10.5. The van der Waals surface area contributed by atoms with Gasteiger partial charge in [0.1, 0.15) is 11.8 Å². The van der Waals surface area contributed by atoms with Crippen LogP contribution in [0.4, 0.5) is 0 Å². The van der Waals surface area contributed by atoms with E-state index in [9.17, 15) is 9.59 Å². The standard InChI is InChI=1S/C31H43N5O4/c1-39-27-12-6-22(7-13-27)20-35(21-28-5-3-17-40-28)26-14-16-36(31(38)23-4-2-15-33-19-23)29(18-26)30(37)34-25-10-8-24(32)9-11-25/h2,4,6-7,12-13,15,19,24-26,28-29H,3,5,8-11,14,16-18,20-21,32H2,1H3,(H,34,37)/t24?,25?,26?,28?,29-/m1/s1. The van der Waals surface area contributed by atoms with Gasteiger partial charge in [0.25, 0.3) is 5.91 Å². The Bertz CT molecular complexity index is 1100. The number of ether oxygens (including phenoxy) is 2. The number of carbonyl (C=O) groups excluding carboxylic acids is 2. The van der Waals surface area contributed by atoms with E-state index in [0.29, 0.717) is 18.5 Å². The number of nitrogens with zero attached hydrogens (tertiary/aromatic N) is 3. The van der Waals surface area contributed by atoms with Crippen LogP contribution in [0.15, 0.2) is 48.8 Å². The first kappa shape index (κ1) is 28.5. The number of hydrogen-bond donors (Lipinski definition) is 2. The zero-order valence-electron chi connectivity index (χ0n) is 23.5. The molecule has 0 spiro atoms. The van der Waals surface area contributed by atoms with Gasteiger partial charge in [-0.15, -0.1) is 0 Å². The van der Waals surface area contributed by atoms with E-state index < -0.39 is 6.04 Å². The number of piperidine rings is 1. The lowest BCUT2D eigenvalue weighted by molar-refractivity contribution is -0.128. The second-order valence-corrected chi connectivity index (χ2v) is 11.5. The Kier molecular flexibility index (Phi) is 9.67. The highest BCUT2D eigenvalue weighted by Crippen LogP contribution is 2.28. The maximum absolute atomic E-state index is 13.8. The van der Waals surface area contributed by atoms with Crippen LogP contribution in [0.1, 0.15) is 67.3 Å². The van der Waals surface area contributed by atoms with Gasteiger partial charge in [0.2, 0.25) is 5.91 Å². The summed E-state index contributed by atoms with van der Waals surface area (Å²) in [7, 11) is 1.67. The molecular weight excluding hydrogens is 506 g/mol. The Morgan fingerprint density at radius 1 is 1.12 bits per heavy atom. The number of hydrogen-bond acceptors (Lipinski definition) is 7. The molecule has 5 rings (SSSR count). The van der Waals surface area contributed by atoms with Crippen molar-refractivity contribution in [1.29, 1.82) is 0 Å². The Labute approximate surface area is 237 Å². The van der Waals surface area contributed by atoms with E-state index in [0.717, 1.165) is 70.4 Å². The van der Waals surface area contributed by atoms with Crippen molar-refractivity contribution in [2.75, 3.05) is 26.8 Å². The fraction of sp³-hybridized carbons (Fsp3) is 0.581. The molecule has 3 N–H and O–H groups in total. The van der Waals surface area contributed by atoms with Gasteiger partial charge in [0.15, 0.2) is 0 Å². The topological polar surface area (TPSA) is 110 Å². The predicted octanol–water partition coefficient (Wildman–Crippen LogP) is 3.13. The summed E-state index contributed by atoms with van der Waals surface area (Å²) >= 11 is 0. The smallest absolute Gasteiger partial charge is 0.256 e. The average molecular weight is 550 g/mol. The number of amides is 2. The van der Waals surface area contributed by atoms with Crippen molar-refractivity contribution in [3.63, 3.8) is 0 Å². The molecule has 3 atom stereocenters. The number of aromatic nitrogens is 1. The number of rotatable bonds is 9. The number of likely N-dealkylation sites (tertiary alicyclic amines) is 1. The molecular formula is C31H43N5O4. The maximum atomic E-state index is 13.8. The van der Waals surface area contributed by atoms with Crippen LogP contribution in [0.5, 0.6) is 5.75 Å². The van der Waals surface area contributed by atoms with Crippen molar-refractivity contribution in [2.45, 2.75) is 88.2 Å². The van der Waals surface area contributed by atoms with Crippen LogP contribution in [0, 0.1) is 0 Å². The number of methoxy groups -OCH3 is 1. The Morgan fingerprint density at radius 2 is 1.93 bits per heavy atom. The SMILES string of the molecule is COc1ccc(CN(CC2CCCO2)C2CCN(C(=O)c3cccnc3)[C@@H](C(=O)NC3CCC(N)CC3)C2)cc1. The summed E-state index contributed by atoms with van der Waals surface area (Å²) in [5.41, 5.74) is 7.80. The molecule has 9 nitrogen and oxygen atoms in total. The highest BCUT2D eigenvalue weighted by molar-refractivity contribution is 5.97. The number of carbonyl (C=O) groups is 2. The first-order valence-corrected chi connectivity index (χ1v) is 14.8. The van der Waals surface area contributed by atoms with E-state index in [4.69, 9.17) is 15.2 Å². The first-order valence-electron chi connectivity index (χ1n) is 14.8. The van der Waals surface area contributed by atoms with Gasteiger partial charge in [0, 0.05) is 56.8 Å². The van der Waals surface area contributed by atoms with Crippen LogP contribution in [0.25, 0.3) is 0 Å². The molecule has 0 radical (unpaired) electrons. The Morgan fingerprint density at radius 3 is 2.60 bits per heavy atom. The first-order chi connectivity index (χ1) is 19.5. The van der Waals surface area contributed by atoms with Crippen LogP contribution < -0.4 is 15.8 Å². The average Bonchev–Trinajstić information content (AvgIpc) is 3.51. The molecule has 1 aromatic carbocycles. The van der Waals surface area contributed by atoms with E-state index in [2.05, 4.69) is 27.3 Å². The van der Waals surface area contributed by atoms with Gasteiger partial charge >= 0.3 is 0 Å². The number of pyridine rings is 1. The van der Waals surface area contributed by atoms with Crippen molar-refractivity contribution >= 4 is 11.8 Å². The third kappa shape index (κ3) is 7.19. The molecule has 1 aliphatic carbocycles. The molecule has 3 aliphatic rings. The second kappa shape index (κ2) is 13.6. The number of nitrogens with two attached hydrogens (primary N) is 1. The minimum Gasteiger partial charge on any atom is -0.497 e. The van der Waals surface area contributed by atoms with Gasteiger partial charge in [-0.2, -0.15) is 0 Å². The molecule has 1 aromatic heterocycles. The summed E-state index contributed by atoms with van der Waals surface area (Å²) in [6, 6.07) is 11.6. The summed E-state index contributed by atoms with van der Waals surface area (Å²) in [6.45, 7) is 2.87. The Balaban J connectivity index is 1.35. The lowest BCUT2D eigenvalue weighted by Crippen LogP contribution is -2.59. The van der Waals surface area contributed by atoms with E-state index in [1.165, 1.54) is 5.56 Å². The molecule has 2 aromatic rings. The fourth-order valence-electron chi connectivity index (χ4n) is 6.34. The highest BCUT2D eigenvalue weighted by Gasteiger charge is 2.40.